The molecule has 0 saturated carbocycles. The van der Waals surface area contributed by atoms with Crippen LogP contribution in [0.15, 0.2) is 59.2 Å². The maximum atomic E-state index is 13.6. The summed E-state index contributed by atoms with van der Waals surface area (Å²) in [6, 6.07) is 9.73. The zero-order valence-corrected chi connectivity index (χ0v) is 17.9. The van der Waals surface area contributed by atoms with E-state index in [2.05, 4.69) is 10.4 Å². The summed E-state index contributed by atoms with van der Waals surface area (Å²) in [5.74, 6) is -1.71. The van der Waals surface area contributed by atoms with Gasteiger partial charge in [-0.1, -0.05) is 23.7 Å². The Kier molecular flexibility index (Phi) is 6.60. The van der Waals surface area contributed by atoms with E-state index in [-0.39, 0.29) is 28.3 Å². The van der Waals surface area contributed by atoms with Crippen LogP contribution in [0.3, 0.4) is 0 Å². The fraction of sp³-hybridized carbons (Fsp3) is 0.227. The topological polar surface area (TPSA) is 91.2 Å². The molecule has 31 heavy (non-hydrogen) atoms. The van der Waals surface area contributed by atoms with Crippen LogP contribution in [-0.2, 0) is 4.79 Å². The number of ether oxygens (including phenoxy) is 1. The maximum Gasteiger partial charge on any atom is 0.335 e. The van der Waals surface area contributed by atoms with Crippen molar-refractivity contribution in [1.82, 2.24) is 10.3 Å². The zero-order chi connectivity index (χ0) is 22.7. The molecule has 3 rings (SSSR count). The first-order valence-corrected chi connectivity index (χ1v) is 9.79. The number of carboxylic acids is 1. The van der Waals surface area contributed by atoms with E-state index in [1.54, 1.807) is 39.1 Å². The minimum Gasteiger partial charge on any atom is -0.478 e. The first-order valence-electron chi connectivity index (χ1n) is 9.41. The largest absolute Gasteiger partial charge is 0.478 e. The van der Waals surface area contributed by atoms with Crippen LogP contribution in [0, 0.1) is 5.82 Å². The molecule has 0 spiro atoms. The second-order valence-corrected chi connectivity index (χ2v) is 7.51. The summed E-state index contributed by atoms with van der Waals surface area (Å²) in [6.07, 6.45) is 0.851. The molecule has 2 N–H and O–H groups in total. The lowest BCUT2D eigenvalue weighted by atomic mass is 10.0. The van der Waals surface area contributed by atoms with E-state index in [1.165, 1.54) is 35.3 Å². The van der Waals surface area contributed by atoms with Crippen molar-refractivity contribution >= 4 is 29.2 Å². The average Bonchev–Trinajstić information content (AvgIpc) is 2.69. The van der Waals surface area contributed by atoms with E-state index in [1.807, 2.05) is 0 Å². The highest BCUT2D eigenvalue weighted by atomic mass is 35.5. The van der Waals surface area contributed by atoms with Crippen molar-refractivity contribution in [1.29, 1.82) is 0 Å². The average molecular weight is 446 g/mol. The van der Waals surface area contributed by atoms with E-state index in [0.29, 0.717) is 11.3 Å². The minimum atomic E-state index is -1.02. The van der Waals surface area contributed by atoms with Crippen molar-refractivity contribution in [3.05, 3.63) is 76.1 Å². The van der Waals surface area contributed by atoms with Crippen LogP contribution in [0.1, 0.15) is 35.8 Å². The molecule has 9 heteroatoms. The van der Waals surface area contributed by atoms with Gasteiger partial charge >= 0.3 is 5.97 Å². The summed E-state index contributed by atoms with van der Waals surface area (Å²) in [5.41, 5.74) is 1.73. The first kappa shape index (κ1) is 22.3. The number of nitrogens with zero attached hydrogens (tertiary/aromatic N) is 2. The lowest BCUT2D eigenvalue weighted by Crippen LogP contribution is -2.39. The molecule has 2 aromatic rings. The van der Waals surface area contributed by atoms with E-state index >= 15 is 0 Å². The third-order valence-corrected chi connectivity index (χ3v) is 4.94. The van der Waals surface area contributed by atoms with Gasteiger partial charge in [-0.3, -0.25) is 9.80 Å². The van der Waals surface area contributed by atoms with E-state index in [4.69, 9.17) is 21.4 Å². The van der Waals surface area contributed by atoms with Gasteiger partial charge in [-0.2, -0.15) is 5.10 Å². The molecule has 1 aliphatic rings. The van der Waals surface area contributed by atoms with Gasteiger partial charge in [0.1, 0.15) is 11.6 Å². The van der Waals surface area contributed by atoms with E-state index in [9.17, 15) is 14.0 Å². The highest BCUT2D eigenvalue weighted by molar-refractivity contribution is 6.30. The monoisotopic (exact) mass is 445 g/mol. The predicted octanol–water partition coefficient (Wildman–Crippen LogP) is 4.01. The highest BCUT2D eigenvalue weighted by Gasteiger charge is 2.26. The highest BCUT2D eigenvalue weighted by Crippen LogP contribution is 2.24. The number of carbonyl (C=O) groups excluding carboxylic acids is 1. The Morgan fingerprint density at radius 3 is 2.55 bits per heavy atom. The van der Waals surface area contributed by atoms with Crippen molar-refractivity contribution in [2.75, 3.05) is 7.05 Å². The number of likely N-dealkylation sites (N-methyl/N-ethyl adjacent to an activating group) is 1. The molecule has 1 aliphatic heterocycles. The molecule has 2 aromatic carbocycles. The summed E-state index contributed by atoms with van der Waals surface area (Å²) in [4.78, 5) is 23.9. The Labute approximate surface area is 183 Å². The second kappa shape index (κ2) is 9.18. The number of nitrogens with one attached hydrogen (secondary N) is 1. The molecule has 1 amide bonds. The summed E-state index contributed by atoms with van der Waals surface area (Å²) < 4.78 is 19.4. The van der Waals surface area contributed by atoms with Crippen LogP contribution < -0.4 is 10.1 Å². The van der Waals surface area contributed by atoms with Crippen molar-refractivity contribution in [3.8, 4) is 5.75 Å². The molecule has 0 radical (unpaired) electrons. The molecule has 0 fully saturated rings. The number of hydrazone groups is 1. The third-order valence-electron chi connectivity index (χ3n) is 4.72. The number of hydrogen-bond acceptors (Lipinski definition) is 5. The normalized spacial score (nSPS) is 16.8. The van der Waals surface area contributed by atoms with Gasteiger partial charge in [0, 0.05) is 18.1 Å². The number of aromatic carboxylic acids is 1. The number of hydrogen-bond donors (Lipinski definition) is 2. The van der Waals surface area contributed by atoms with Gasteiger partial charge in [0.15, 0.2) is 0 Å². The Hall–Kier alpha value is -3.39. The Balaban J connectivity index is 1.75. The number of amides is 1. The SMILES string of the molecule is CC1=NN(C)C(Oc2cc(F)cc(Cl)c2)C=C1C(=O)N[C@@H](C)c1ccc(C(=O)O)cc1. The zero-order valence-electron chi connectivity index (χ0n) is 17.1. The Bertz CT molecular complexity index is 1050. The predicted molar refractivity (Wildman–Crippen MR) is 115 cm³/mol. The van der Waals surface area contributed by atoms with Crippen molar-refractivity contribution in [3.63, 3.8) is 0 Å². The number of carboxylic acid groups (broad SMARTS) is 1. The molecule has 0 aromatic heterocycles. The van der Waals surface area contributed by atoms with Crippen LogP contribution in [0.5, 0.6) is 5.75 Å². The number of rotatable bonds is 6. The Morgan fingerprint density at radius 1 is 1.26 bits per heavy atom. The maximum absolute atomic E-state index is 13.6. The lowest BCUT2D eigenvalue weighted by Gasteiger charge is -2.29. The molecular weight excluding hydrogens is 425 g/mol. The molecule has 0 aliphatic carbocycles. The molecule has 1 heterocycles. The van der Waals surface area contributed by atoms with Crippen molar-refractivity contribution < 1.29 is 23.8 Å². The van der Waals surface area contributed by atoms with Crippen LogP contribution in [0.2, 0.25) is 5.02 Å². The van der Waals surface area contributed by atoms with Gasteiger partial charge in [0.25, 0.3) is 5.91 Å². The summed E-state index contributed by atoms with van der Waals surface area (Å²) >= 11 is 5.88. The molecule has 0 saturated heterocycles. The standard InChI is InChI=1S/C22H21ClFN3O4/c1-12(14-4-6-15(7-5-14)22(29)30)25-21(28)19-11-20(27(3)26-13(19)2)31-18-9-16(23)8-17(24)10-18/h4-12,20H,1-3H3,(H,25,28)(H,29,30)/t12-,20?/m0/s1. The van der Waals surface area contributed by atoms with Crippen molar-refractivity contribution in [2.24, 2.45) is 5.10 Å². The van der Waals surface area contributed by atoms with Gasteiger partial charge in [0.05, 0.1) is 22.9 Å². The third kappa shape index (κ3) is 5.40. The number of carbonyl (C=O) groups is 2. The molecular formula is C22H21ClFN3O4. The van der Waals surface area contributed by atoms with Gasteiger partial charge in [-0.25, -0.2) is 9.18 Å². The summed E-state index contributed by atoms with van der Waals surface area (Å²) in [7, 11) is 1.67. The van der Waals surface area contributed by atoms with Crippen LogP contribution >= 0.6 is 11.6 Å². The number of halogens is 2. The van der Waals surface area contributed by atoms with E-state index in [0.717, 1.165) is 5.56 Å². The fourth-order valence-corrected chi connectivity index (χ4v) is 3.29. The summed E-state index contributed by atoms with van der Waals surface area (Å²) in [5, 5.41) is 17.9. The quantitative estimate of drug-likeness (QED) is 0.701. The fourth-order valence-electron chi connectivity index (χ4n) is 3.08. The van der Waals surface area contributed by atoms with Gasteiger partial charge < -0.3 is 15.2 Å². The van der Waals surface area contributed by atoms with E-state index < -0.39 is 18.0 Å². The molecule has 2 atom stereocenters. The second-order valence-electron chi connectivity index (χ2n) is 7.08. The molecule has 162 valence electrons. The first-order chi connectivity index (χ1) is 14.6. The van der Waals surface area contributed by atoms with Crippen molar-refractivity contribution in [2.45, 2.75) is 26.1 Å². The smallest absolute Gasteiger partial charge is 0.335 e. The minimum absolute atomic E-state index is 0.167. The number of benzene rings is 2. The van der Waals surface area contributed by atoms with Crippen LogP contribution in [0.25, 0.3) is 0 Å². The van der Waals surface area contributed by atoms with Gasteiger partial charge in [0.2, 0.25) is 6.23 Å². The molecule has 0 bridgehead atoms. The molecule has 7 nitrogen and oxygen atoms in total. The lowest BCUT2D eigenvalue weighted by molar-refractivity contribution is -0.117. The Morgan fingerprint density at radius 2 is 1.94 bits per heavy atom. The van der Waals surface area contributed by atoms with Crippen LogP contribution in [0.4, 0.5) is 4.39 Å². The summed E-state index contributed by atoms with van der Waals surface area (Å²) in [6.45, 7) is 3.49. The van der Waals surface area contributed by atoms with Gasteiger partial charge in [-0.05, 0) is 49.8 Å². The van der Waals surface area contributed by atoms with Crippen LogP contribution in [-0.4, -0.2) is 41.0 Å². The molecule has 1 unspecified atom stereocenters. The van der Waals surface area contributed by atoms with Gasteiger partial charge in [-0.15, -0.1) is 0 Å².